The van der Waals surface area contributed by atoms with Gasteiger partial charge in [0.05, 0.1) is 28.3 Å². The monoisotopic (exact) mass is 483 g/mol. The van der Waals surface area contributed by atoms with E-state index in [2.05, 4.69) is 11.1 Å². The van der Waals surface area contributed by atoms with Crippen molar-refractivity contribution in [2.75, 3.05) is 29.6 Å². The topological polar surface area (TPSA) is 81.0 Å². The number of amides is 2. The molecule has 0 radical (unpaired) electrons. The predicted octanol–water partition coefficient (Wildman–Crippen LogP) is 3.41. The maximum Gasteiger partial charge on any atom is 0.326 e. The molecule has 0 N–H and O–H groups in total. The number of hydrogen-bond acceptors (Lipinski definition) is 6. The number of esters is 1. The van der Waals surface area contributed by atoms with E-state index in [0.717, 1.165) is 28.7 Å². The number of benzene rings is 2. The van der Waals surface area contributed by atoms with E-state index in [1.54, 1.807) is 11.5 Å². The summed E-state index contributed by atoms with van der Waals surface area (Å²) in [5, 5.41) is 0. The second-order valence-electron chi connectivity index (χ2n) is 7.52. The van der Waals surface area contributed by atoms with Gasteiger partial charge in [0.15, 0.2) is 4.80 Å². The molecule has 2 heterocycles. The summed E-state index contributed by atoms with van der Waals surface area (Å²) in [7, 11) is 0. The maximum atomic E-state index is 12.8. The molecule has 1 aliphatic rings. The Morgan fingerprint density at radius 1 is 1.09 bits per heavy atom. The van der Waals surface area contributed by atoms with Crippen LogP contribution in [0.25, 0.3) is 10.2 Å². The first-order chi connectivity index (χ1) is 16.1. The van der Waals surface area contributed by atoms with Gasteiger partial charge < -0.3 is 14.2 Å². The fourth-order valence-electron chi connectivity index (χ4n) is 3.83. The molecule has 172 valence electrons. The summed E-state index contributed by atoms with van der Waals surface area (Å²) in [5.74, 6) is -0.411. The minimum absolute atomic E-state index is 0.000753. The van der Waals surface area contributed by atoms with Gasteiger partial charge in [0.25, 0.3) is 5.91 Å². The van der Waals surface area contributed by atoms with E-state index < -0.39 is 0 Å². The summed E-state index contributed by atoms with van der Waals surface area (Å²) in [6, 6.07) is 15.6. The third-order valence-electron chi connectivity index (χ3n) is 5.26. The van der Waals surface area contributed by atoms with Crippen molar-refractivity contribution in [1.82, 2.24) is 4.57 Å². The van der Waals surface area contributed by atoms with Crippen LogP contribution in [-0.2, 0) is 32.1 Å². The average molecular weight is 484 g/mol. The lowest BCUT2D eigenvalue weighted by Gasteiger charge is -2.29. The van der Waals surface area contributed by atoms with E-state index in [9.17, 15) is 14.4 Å². The van der Waals surface area contributed by atoms with Crippen LogP contribution in [0.2, 0.25) is 0 Å². The number of ether oxygens (including phenoxy) is 1. The van der Waals surface area contributed by atoms with Crippen molar-refractivity contribution >= 4 is 56.8 Å². The van der Waals surface area contributed by atoms with Crippen LogP contribution in [0.3, 0.4) is 0 Å². The molecule has 0 saturated heterocycles. The van der Waals surface area contributed by atoms with E-state index in [-0.39, 0.29) is 35.8 Å². The van der Waals surface area contributed by atoms with Gasteiger partial charge in [0.2, 0.25) is 5.91 Å². The second kappa shape index (κ2) is 10.8. The zero-order chi connectivity index (χ0) is 23.2. The molecule has 2 amide bonds. The highest BCUT2D eigenvalue weighted by Gasteiger charge is 2.22. The summed E-state index contributed by atoms with van der Waals surface area (Å²) < 4.78 is 7.71. The lowest BCUT2D eigenvalue weighted by molar-refractivity contribution is -0.143. The Morgan fingerprint density at radius 3 is 2.73 bits per heavy atom. The zero-order valence-electron chi connectivity index (χ0n) is 18.4. The number of aromatic nitrogens is 1. The van der Waals surface area contributed by atoms with Crippen LogP contribution in [0.1, 0.15) is 18.9 Å². The minimum atomic E-state index is -0.378. The summed E-state index contributed by atoms with van der Waals surface area (Å²) in [5.41, 5.74) is 2.98. The molecule has 0 bridgehead atoms. The Bertz CT molecular complexity index is 1250. The highest BCUT2D eigenvalue weighted by Crippen LogP contribution is 2.27. The van der Waals surface area contributed by atoms with Crippen LogP contribution >= 0.6 is 23.1 Å². The van der Waals surface area contributed by atoms with E-state index in [4.69, 9.17) is 4.74 Å². The van der Waals surface area contributed by atoms with Gasteiger partial charge in [-0.15, -0.1) is 11.8 Å². The summed E-state index contributed by atoms with van der Waals surface area (Å²) >= 11 is 2.61. The van der Waals surface area contributed by atoms with Crippen LogP contribution in [-0.4, -0.2) is 47.0 Å². The Morgan fingerprint density at radius 2 is 1.88 bits per heavy atom. The number of fused-ring (bicyclic) bond motifs is 2. The molecule has 1 aliphatic heterocycles. The molecule has 0 aliphatic carbocycles. The highest BCUT2D eigenvalue weighted by molar-refractivity contribution is 8.00. The lowest BCUT2D eigenvalue weighted by Crippen LogP contribution is -2.36. The SMILES string of the molecule is CCOC(=O)Cn1c(=NC(=O)CSCC(=O)N2CCCc3ccccc32)sc2ccccc21. The van der Waals surface area contributed by atoms with E-state index in [1.807, 2.05) is 47.4 Å². The Kier molecular flexibility index (Phi) is 7.61. The number of carbonyl (C=O) groups is 3. The summed E-state index contributed by atoms with van der Waals surface area (Å²) in [6.45, 7) is 2.73. The number of anilines is 1. The average Bonchev–Trinajstić information content (AvgIpc) is 3.15. The number of carbonyl (C=O) groups excluding carboxylic acids is 3. The summed E-state index contributed by atoms with van der Waals surface area (Å²) in [6.07, 6.45) is 1.92. The molecule has 0 spiro atoms. The van der Waals surface area contributed by atoms with Crippen molar-refractivity contribution in [2.45, 2.75) is 26.3 Å². The number of thioether (sulfide) groups is 1. The van der Waals surface area contributed by atoms with Crippen LogP contribution in [0, 0.1) is 0 Å². The molecule has 3 aromatic rings. The first-order valence-electron chi connectivity index (χ1n) is 10.8. The van der Waals surface area contributed by atoms with Crippen LogP contribution < -0.4 is 9.70 Å². The van der Waals surface area contributed by atoms with Gasteiger partial charge in [-0.2, -0.15) is 4.99 Å². The molecule has 9 heteroatoms. The van der Waals surface area contributed by atoms with Crippen molar-refractivity contribution in [2.24, 2.45) is 4.99 Å². The number of hydrogen-bond donors (Lipinski definition) is 0. The molecule has 4 rings (SSSR count). The number of rotatable bonds is 7. The molecular formula is C24H25N3O4S2. The van der Waals surface area contributed by atoms with Gasteiger partial charge in [-0.25, -0.2) is 0 Å². The minimum Gasteiger partial charge on any atom is -0.465 e. The maximum absolute atomic E-state index is 12.8. The van der Waals surface area contributed by atoms with E-state index >= 15 is 0 Å². The molecule has 7 nitrogen and oxygen atoms in total. The molecule has 1 aromatic heterocycles. The molecule has 0 fully saturated rings. The van der Waals surface area contributed by atoms with Crippen molar-refractivity contribution in [1.29, 1.82) is 0 Å². The third-order valence-corrected chi connectivity index (χ3v) is 7.22. The molecule has 0 atom stereocenters. The fourth-order valence-corrected chi connectivity index (χ4v) is 5.55. The quantitative estimate of drug-likeness (QED) is 0.481. The van der Waals surface area contributed by atoms with Crippen LogP contribution in [0.4, 0.5) is 5.69 Å². The molecule has 0 unspecified atom stereocenters. The van der Waals surface area contributed by atoms with Crippen molar-refractivity contribution in [3.63, 3.8) is 0 Å². The largest absolute Gasteiger partial charge is 0.465 e. The first kappa shape index (κ1) is 23.3. The van der Waals surface area contributed by atoms with Crippen LogP contribution in [0.15, 0.2) is 53.5 Å². The highest BCUT2D eigenvalue weighted by atomic mass is 32.2. The number of aryl methyl sites for hydroxylation is 1. The van der Waals surface area contributed by atoms with Crippen molar-refractivity contribution in [3.05, 3.63) is 58.9 Å². The van der Waals surface area contributed by atoms with Crippen molar-refractivity contribution in [3.8, 4) is 0 Å². The number of nitrogens with zero attached hydrogens (tertiary/aromatic N) is 3. The Labute approximate surface area is 200 Å². The zero-order valence-corrected chi connectivity index (χ0v) is 20.0. The molecule has 33 heavy (non-hydrogen) atoms. The normalized spacial score (nSPS) is 13.7. The molecular weight excluding hydrogens is 458 g/mol. The van der Waals surface area contributed by atoms with Gasteiger partial charge in [-0.3, -0.25) is 14.4 Å². The smallest absolute Gasteiger partial charge is 0.326 e. The predicted molar refractivity (Wildman–Crippen MR) is 131 cm³/mol. The fraction of sp³-hybridized carbons (Fsp3) is 0.333. The Balaban J connectivity index is 1.43. The standard InChI is InChI=1S/C24H25N3O4S2/c1-2-31-23(30)14-27-19-11-5-6-12-20(19)33-24(27)25-21(28)15-32-16-22(29)26-13-7-9-17-8-3-4-10-18(17)26/h3-6,8,10-12H,2,7,9,13-16H2,1H3. The van der Waals surface area contributed by atoms with Gasteiger partial charge in [-0.1, -0.05) is 41.7 Å². The van der Waals surface area contributed by atoms with Crippen LogP contribution in [0.5, 0.6) is 0 Å². The lowest BCUT2D eigenvalue weighted by atomic mass is 10.0. The number of para-hydroxylation sites is 2. The summed E-state index contributed by atoms with van der Waals surface area (Å²) in [4.78, 5) is 43.9. The first-order valence-corrected chi connectivity index (χ1v) is 12.8. The third kappa shape index (κ3) is 5.54. The van der Waals surface area contributed by atoms with E-state index in [1.165, 1.54) is 28.7 Å². The number of thiazole rings is 1. The molecule has 0 saturated carbocycles. The Hall–Kier alpha value is -2.91. The molecule has 2 aromatic carbocycles. The second-order valence-corrected chi connectivity index (χ2v) is 9.51. The van der Waals surface area contributed by atoms with Gasteiger partial charge in [0, 0.05) is 12.2 Å². The van der Waals surface area contributed by atoms with E-state index in [0.29, 0.717) is 18.0 Å². The van der Waals surface area contributed by atoms with Crippen molar-refractivity contribution < 1.29 is 19.1 Å². The van der Waals surface area contributed by atoms with Gasteiger partial charge in [-0.05, 0) is 43.5 Å². The van der Waals surface area contributed by atoms with Gasteiger partial charge in [0.1, 0.15) is 6.54 Å². The van der Waals surface area contributed by atoms with Gasteiger partial charge >= 0.3 is 5.97 Å².